The van der Waals surface area contributed by atoms with Crippen molar-refractivity contribution in [2.24, 2.45) is 5.92 Å². The predicted molar refractivity (Wildman–Crippen MR) is 144 cm³/mol. The van der Waals surface area contributed by atoms with Crippen LogP contribution in [0.25, 0.3) is 11.0 Å². The molecule has 40 heavy (non-hydrogen) atoms. The van der Waals surface area contributed by atoms with Gasteiger partial charge >= 0.3 is 5.69 Å². The maximum absolute atomic E-state index is 13.1. The zero-order chi connectivity index (χ0) is 28.3. The molecule has 13 nitrogen and oxygen atoms in total. The second-order valence-electron chi connectivity index (χ2n) is 9.13. The zero-order valence-corrected chi connectivity index (χ0v) is 21.8. The quantitative estimate of drug-likeness (QED) is 0.152. The van der Waals surface area contributed by atoms with Crippen LogP contribution in [-0.2, 0) is 14.8 Å². The average molecular weight is 568 g/mol. The van der Waals surface area contributed by atoms with E-state index in [1.165, 1.54) is 30.5 Å². The summed E-state index contributed by atoms with van der Waals surface area (Å²) in [7, 11) is -4.52. The van der Waals surface area contributed by atoms with Crippen molar-refractivity contribution in [3.63, 3.8) is 0 Å². The van der Waals surface area contributed by atoms with Crippen LogP contribution in [0.2, 0.25) is 0 Å². The number of sulfonamides is 1. The molecule has 1 amide bonds. The van der Waals surface area contributed by atoms with E-state index in [1.807, 2.05) is 4.72 Å². The first-order chi connectivity index (χ1) is 19.2. The lowest BCUT2D eigenvalue weighted by molar-refractivity contribution is -0.386. The summed E-state index contributed by atoms with van der Waals surface area (Å²) < 4.78 is 44.9. The maximum atomic E-state index is 13.1. The van der Waals surface area contributed by atoms with Crippen molar-refractivity contribution < 1.29 is 32.3 Å². The summed E-state index contributed by atoms with van der Waals surface area (Å²) in [4.78, 5) is 30.8. The Morgan fingerprint density at radius 3 is 2.73 bits per heavy atom. The lowest BCUT2D eigenvalue weighted by Gasteiger charge is -2.22. The number of hydrogen-bond acceptors (Lipinski definition) is 10. The van der Waals surface area contributed by atoms with Crippen LogP contribution in [0.5, 0.6) is 17.2 Å². The van der Waals surface area contributed by atoms with Crippen molar-refractivity contribution in [2.45, 2.75) is 17.7 Å². The molecule has 1 fully saturated rings. The fourth-order valence-electron chi connectivity index (χ4n) is 4.20. The summed E-state index contributed by atoms with van der Waals surface area (Å²) in [6.45, 7) is 1.42. The first-order valence-electron chi connectivity index (χ1n) is 12.3. The van der Waals surface area contributed by atoms with E-state index in [2.05, 4.69) is 9.97 Å². The van der Waals surface area contributed by atoms with Crippen LogP contribution in [-0.4, -0.2) is 49.0 Å². The molecule has 208 valence electrons. The van der Waals surface area contributed by atoms with Gasteiger partial charge in [-0.3, -0.25) is 14.9 Å². The van der Waals surface area contributed by atoms with Gasteiger partial charge in [-0.25, -0.2) is 18.1 Å². The summed E-state index contributed by atoms with van der Waals surface area (Å²) >= 11 is 0. The Bertz CT molecular complexity index is 1680. The first kappa shape index (κ1) is 26.9. The van der Waals surface area contributed by atoms with Crippen molar-refractivity contribution in [3.05, 3.63) is 76.6 Å². The molecule has 14 heteroatoms. The Balaban J connectivity index is 1.35. The number of nitro groups is 1. The normalized spacial score (nSPS) is 14.1. The smallest absolute Gasteiger partial charge is 0.312 e. The topological polar surface area (TPSA) is 189 Å². The predicted octanol–water partition coefficient (Wildman–Crippen LogP) is 3.77. The van der Waals surface area contributed by atoms with Gasteiger partial charge in [-0.1, -0.05) is 0 Å². The summed E-state index contributed by atoms with van der Waals surface area (Å²) in [5, 5.41) is 12.5. The zero-order valence-electron chi connectivity index (χ0n) is 21.0. The highest BCUT2D eigenvalue weighted by Gasteiger charge is 2.26. The van der Waals surface area contributed by atoms with Gasteiger partial charge in [0.2, 0.25) is 0 Å². The van der Waals surface area contributed by atoms with Crippen molar-refractivity contribution in [1.82, 2.24) is 14.7 Å². The van der Waals surface area contributed by atoms with Crippen LogP contribution < -0.4 is 19.9 Å². The van der Waals surface area contributed by atoms with Crippen LogP contribution in [0.1, 0.15) is 23.2 Å². The van der Waals surface area contributed by atoms with E-state index in [0.717, 1.165) is 30.4 Å². The number of nitrogen functional groups attached to an aromatic ring is 1. The second kappa shape index (κ2) is 11.2. The minimum Gasteiger partial charge on any atom is -0.487 e. The van der Waals surface area contributed by atoms with E-state index in [9.17, 15) is 23.3 Å². The number of fused-ring (bicyclic) bond motifs is 1. The third kappa shape index (κ3) is 5.97. The Morgan fingerprint density at radius 2 is 1.95 bits per heavy atom. The summed E-state index contributed by atoms with van der Waals surface area (Å²) in [5.41, 5.74) is 6.12. The molecule has 1 saturated heterocycles. The third-order valence-corrected chi connectivity index (χ3v) is 7.66. The molecule has 5 rings (SSSR count). The lowest BCUT2D eigenvalue weighted by Crippen LogP contribution is -2.31. The molecule has 2 aromatic heterocycles. The Labute approximate surface area is 228 Å². The maximum Gasteiger partial charge on any atom is 0.312 e. The van der Waals surface area contributed by atoms with Crippen LogP contribution in [0.15, 0.2) is 65.8 Å². The van der Waals surface area contributed by atoms with Gasteiger partial charge in [-0.15, -0.1) is 0 Å². The molecule has 4 N–H and O–H groups in total. The molecule has 0 bridgehead atoms. The SMILES string of the molecule is Nc1ccc(C(=O)NS(=O)(=O)c2ccc(OCC3CCOCC3)c([N+](=O)[O-])c2)c(Oc2cnc3[nH]ccc3c2)c1. The highest BCUT2D eigenvalue weighted by molar-refractivity contribution is 7.90. The number of nitro benzene ring substituents is 1. The van der Waals surface area contributed by atoms with E-state index in [1.54, 1.807) is 18.3 Å². The molecule has 0 saturated carbocycles. The van der Waals surface area contributed by atoms with Crippen LogP contribution in [0.3, 0.4) is 0 Å². The van der Waals surface area contributed by atoms with Gasteiger partial charge in [0.05, 0.1) is 28.2 Å². The number of aromatic amines is 1. The van der Waals surface area contributed by atoms with E-state index < -0.39 is 31.4 Å². The summed E-state index contributed by atoms with van der Waals surface area (Å²) in [5.74, 6) is -0.626. The lowest BCUT2D eigenvalue weighted by atomic mass is 10.0. The van der Waals surface area contributed by atoms with Crippen molar-refractivity contribution in [3.8, 4) is 17.2 Å². The molecule has 2 aromatic carbocycles. The van der Waals surface area contributed by atoms with Gasteiger partial charge in [-0.2, -0.15) is 0 Å². The Kier molecular flexibility index (Phi) is 7.53. The van der Waals surface area contributed by atoms with Crippen LogP contribution in [0, 0.1) is 16.0 Å². The van der Waals surface area contributed by atoms with Gasteiger partial charge in [0, 0.05) is 42.6 Å². The van der Waals surface area contributed by atoms with Crippen molar-refractivity contribution in [1.29, 1.82) is 0 Å². The van der Waals surface area contributed by atoms with Gasteiger partial charge in [0.1, 0.15) is 17.1 Å². The number of rotatable bonds is 9. The minimum absolute atomic E-state index is 0.00720. The second-order valence-corrected chi connectivity index (χ2v) is 10.8. The first-order valence-corrected chi connectivity index (χ1v) is 13.7. The number of nitrogens with zero attached hydrogens (tertiary/aromatic N) is 2. The Morgan fingerprint density at radius 1 is 1.15 bits per heavy atom. The van der Waals surface area contributed by atoms with Crippen LogP contribution in [0.4, 0.5) is 11.4 Å². The molecule has 4 aromatic rings. The number of pyridine rings is 1. The van der Waals surface area contributed by atoms with Crippen LogP contribution >= 0.6 is 0 Å². The van der Waals surface area contributed by atoms with E-state index >= 15 is 0 Å². The van der Waals surface area contributed by atoms with Crippen molar-refractivity contribution in [2.75, 3.05) is 25.6 Å². The van der Waals surface area contributed by atoms with E-state index in [0.29, 0.717) is 24.6 Å². The van der Waals surface area contributed by atoms with E-state index in [4.69, 9.17) is 19.9 Å². The minimum atomic E-state index is -4.52. The van der Waals surface area contributed by atoms with Gasteiger partial charge in [-0.05, 0) is 55.2 Å². The molecule has 0 aliphatic carbocycles. The number of carbonyl (C=O) groups excluding carboxylic acids is 1. The number of H-pyrrole nitrogens is 1. The molecule has 0 radical (unpaired) electrons. The summed E-state index contributed by atoms with van der Waals surface area (Å²) in [6.07, 6.45) is 4.67. The Hall–Kier alpha value is -4.69. The van der Waals surface area contributed by atoms with Gasteiger partial charge in [0.25, 0.3) is 15.9 Å². The fraction of sp³-hybridized carbons (Fsp3) is 0.231. The monoisotopic (exact) mass is 567 g/mol. The molecular weight excluding hydrogens is 542 g/mol. The highest BCUT2D eigenvalue weighted by atomic mass is 32.2. The number of anilines is 1. The molecule has 3 heterocycles. The number of benzene rings is 2. The molecule has 0 unspecified atom stereocenters. The van der Waals surface area contributed by atoms with E-state index in [-0.39, 0.29) is 35.3 Å². The molecule has 1 aliphatic heterocycles. The number of nitrogens with two attached hydrogens (primary N) is 1. The molecular formula is C26H25N5O8S. The number of hydrogen-bond donors (Lipinski definition) is 3. The molecule has 0 atom stereocenters. The molecule has 1 aliphatic rings. The summed E-state index contributed by atoms with van der Waals surface area (Å²) in [6, 6.07) is 10.8. The number of amides is 1. The van der Waals surface area contributed by atoms with Gasteiger partial charge in [0.15, 0.2) is 5.75 Å². The number of carbonyl (C=O) groups is 1. The fourth-order valence-corrected chi connectivity index (χ4v) is 5.18. The standard InChI is InChI=1S/C26H25N5O8S/c27-18-1-3-21(24(12-18)39-19-11-17-5-8-28-25(17)29-14-19)26(32)30-40(35,36)20-2-4-23(22(13-20)31(33)34)38-15-16-6-9-37-10-7-16/h1-5,8,11-14,16H,6-7,9-10,15,27H2,(H,28,29)(H,30,32). The molecule has 0 spiro atoms. The van der Waals surface area contributed by atoms with Crippen molar-refractivity contribution >= 4 is 38.3 Å². The number of aromatic nitrogens is 2. The largest absolute Gasteiger partial charge is 0.487 e. The number of ether oxygens (including phenoxy) is 3. The third-order valence-electron chi connectivity index (χ3n) is 6.33. The van der Waals surface area contributed by atoms with Gasteiger partial charge < -0.3 is 24.9 Å². The number of nitrogens with one attached hydrogen (secondary N) is 2. The highest BCUT2D eigenvalue weighted by Crippen LogP contribution is 2.32. The average Bonchev–Trinajstić information content (AvgIpc) is 3.40.